The Bertz CT molecular complexity index is 194. The number of hydrogen-bond acceptors (Lipinski definition) is 1. The third-order valence-corrected chi connectivity index (χ3v) is 2.02. The van der Waals surface area contributed by atoms with Crippen LogP contribution in [0.5, 0.6) is 0 Å². The highest BCUT2D eigenvalue weighted by Crippen LogP contribution is 2.21. The number of allylic oxidation sites excluding steroid dienone is 3. The van der Waals surface area contributed by atoms with E-state index in [2.05, 4.69) is 12.2 Å². The summed E-state index contributed by atoms with van der Waals surface area (Å²) in [5.74, 6) is 0.0791. The minimum absolute atomic E-state index is 0.0791. The number of rotatable bonds is 4. The summed E-state index contributed by atoms with van der Waals surface area (Å²) in [6, 6.07) is 0. The van der Waals surface area contributed by atoms with Gasteiger partial charge in [-0.1, -0.05) is 19.1 Å². The fraction of sp³-hybridized carbons (Fsp3) is 0.600. The molecule has 0 fully saturated rings. The summed E-state index contributed by atoms with van der Waals surface area (Å²) in [5, 5.41) is 3.18. The SMILES string of the molecule is CCNCCC1=C(F)CCC=C1. The first-order chi connectivity index (χ1) is 5.84. The molecule has 0 aliphatic heterocycles. The molecule has 0 saturated carbocycles. The molecule has 1 rings (SSSR count). The lowest BCUT2D eigenvalue weighted by Crippen LogP contribution is -2.14. The standard InChI is InChI=1S/C10H16FN/c1-2-12-8-7-9-5-3-4-6-10(9)11/h3,5,12H,2,4,6-8H2,1H3. The molecule has 0 spiro atoms. The zero-order valence-electron chi connectivity index (χ0n) is 7.57. The Hall–Kier alpha value is -0.630. The molecular weight excluding hydrogens is 153 g/mol. The number of halogens is 1. The van der Waals surface area contributed by atoms with Gasteiger partial charge in [-0.05, 0) is 31.5 Å². The molecule has 1 aliphatic rings. The minimum Gasteiger partial charge on any atom is -0.317 e. The van der Waals surface area contributed by atoms with E-state index in [1.54, 1.807) is 0 Å². The minimum atomic E-state index is 0.0791. The van der Waals surface area contributed by atoms with Crippen LogP contribution in [-0.4, -0.2) is 13.1 Å². The normalized spacial score (nSPS) is 17.2. The van der Waals surface area contributed by atoms with Crippen LogP contribution < -0.4 is 5.32 Å². The second-order valence-electron chi connectivity index (χ2n) is 2.97. The Morgan fingerprint density at radius 3 is 3.08 bits per heavy atom. The zero-order valence-corrected chi connectivity index (χ0v) is 7.57. The van der Waals surface area contributed by atoms with E-state index in [1.807, 2.05) is 12.2 Å². The predicted molar refractivity (Wildman–Crippen MR) is 49.7 cm³/mol. The van der Waals surface area contributed by atoms with Crippen LogP contribution in [0.1, 0.15) is 26.2 Å². The molecule has 2 heteroatoms. The fourth-order valence-corrected chi connectivity index (χ4v) is 1.31. The zero-order chi connectivity index (χ0) is 8.81. The van der Waals surface area contributed by atoms with Crippen LogP contribution in [0.25, 0.3) is 0 Å². The molecule has 0 saturated heterocycles. The highest BCUT2D eigenvalue weighted by atomic mass is 19.1. The van der Waals surface area contributed by atoms with Crippen molar-refractivity contribution in [3.05, 3.63) is 23.6 Å². The Kier molecular flexibility index (Phi) is 4.01. The van der Waals surface area contributed by atoms with Gasteiger partial charge in [-0.3, -0.25) is 0 Å². The molecule has 12 heavy (non-hydrogen) atoms. The summed E-state index contributed by atoms with van der Waals surface area (Å²) in [6.45, 7) is 3.89. The molecule has 0 heterocycles. The van der Waals surface area contributed by atoms with Crippen molar-refractivity contribution >= 4 is 0 Å². The number of nitrogens with one attached hydrogen (secondary N) is 1. The van der Waals surface area contributed by atoms with Crippen molar-refractivity contribution in [1.29, 1.82) is 0 Å². The third-order valence-electron chi connectivity index (χ3n) is 2.02. The average Bonchev–Trinajstić information content (AvgIpc) is 2.09. The van der Waals surface area contributed by atoms with Crippen molar-refractivity contribution in [2.24, 2.45) is 0 Å². The fourth-order valence-electron chi connectivity index (χ4n) is 1.31. The van der Waals surface area contributed by atoms with Gasteiger partial charge in [-0.2, -0.15) is 0 Å². The molecule has 0 aromatic rings. The molecule has 1 N–H and O–H groups in total. The Morgan fingerprint density at radius 2 is 2.42 bits per heavy atom. The maximum absolute atomic E-state index is 13.1. The van der Waals surface area contributed by atoms with Crippen LogP contribution in [0.3, 0.4) is 0 Å². The van der Waals surface area contributed by atoms with E-state index in [9.17, 15) is 4.39 Å². The van der Waals surface area contributed by atoms with Gasteiger partial charge in [0.15, 0.2) is 0 Å². The summed E-state index contributed by atoms with van der Waals surface area (Å²) in [7, 11) is 0. The molecule has 0 bridgehead atoms. The van der Waals surface area contributed by atoms with Crippen molar-refractivity contribution in [1.82, 2.24) is 5.32 Å². The second-order valence-corrected chi connectivity index (χ2v) is 2.97. The van der Waals surface area contributed by atoms with Gasteiger partial charge in [0, 0.05) is 6.42 Å². The number of hydrogen-bond donors (Lipinski definition) is 1. The van der Waals surface area contributed by atoms with Crippen molar-refractivity contribution < 1.29 is 4.39 Å². The van der Waals surface area contributed by atoms with E-state index < -0.39 is 0 Å². The summed E-state index contributed by atoms with van der Waals surface area (Å²) in [6.07, 6.45) is 6.23. The quantitative estimate of drug-likeness (QED) is 0.638. The highest BCUT2D eigenvalue weighted by Gasteiger charge is 2.06. The van der Waals surface area contributed by atoms with Crippen LogP contribution >= 0.6 is 0 Å². The largest absolute Gasteiger partial charge is 0.317 e. The van der Waals surface area contributed by atoms with Gasteiger partial charge in [0.05, 0.1) is 0 Å². The predicted octanol–water partition coefficient (Wildman–Crippen LogP) is 2.56. The van der Waals surface area contributed by atoms with Gasteiger partial charge in [-0.15, -0.1) is 0 Å². The van der Waals surface area contributed by atoms with E-state index >= 15 is 0 Å². The van der Waals surface area contributed by atoms with Gasteiger partial charge < -0.3 is 5.32 Å². The molecule has 1 aliphatic carbocycles. The molecular formula is C10H16FN. The lowest BCUT2D eigenvalue weighted by molar-refractivity contribution is 0.566. The monoisotopic (exact) mass is 169 g/mol. The van der Waals surface area contributed by atoms with E-state index in [1.165, 1.54) is 0 Å². The summed E-state index contributed by atoms with van der Waals surface area (Å²) in [5.41, 5.74) is 0.877. The second kappa shape index (κ2) is 5.09. The maximum Gasteiger partial charge on any atom is 0.103 e. The molecule has 0 aromatic heterocycles. The van der Waals surface area contributed by atoms with Crippen molar-refractivity contribution in [2.75, 3.05) is 13.1 Å². The maximum atomic E-state index is 13.1. The lowest BCUT2D eigenvalue weighted by atomic mass is 10.0. The summed E-state index contributed by atoms with van der Waals surface area (Å²) in [4.78, 5) is 0. The van der Waals surface area contributed by atoms with E-state index in [4.69, 9.17) is 0 Å². The first-order valence-corrected chi connectivity index (χ1v) is 4.59. The van der Waals surface area contributed by atoms with Gasteiger partial charge in [-0.25, -0.2) is 4.39 Å². The first-order valence-electron chi connectivity index (χ1n) is 4.59. The molecule has 0 radical (unpaired) electrons. The average molecular weight is 169 g/mol. The van der Waals surface area contributed by atoms with Crippen molar-refractivity contribution in [2.45, 2.75) is 26.2 Å². The summed E-state index contributed by atoms with van der Waals surface area (Å²) < 4.78 is 13.1. The van der Waals surface area contributed by atoms with Gasteiger partial charge in [0.1, 0.15) is 5.83 Å². The molecule has 0 amide bonds. The lowest BCUT2D eigenvalue weighted by Gasteiger charge is -2.09. The molecule has 68 valence electrons. The molecule has 0 aromatic carbocycles. The van der Waals surface area contributed by atoms with Crippen LogP contribution in [0, 0.1) is 0 Å². The van der Waals surface area contributed by atoms with Crippen molar-refractivity contribution in [3.63, 3.8) is 0 Å². The van der Waals surface area contributed by atoms with Crippen LogP contribution in [-0.2, 0) is 0 Å². The van der Waals surface area contributed by atoms with Gasteiger partial charge >= 0.3 is 0 Å². The highest BCUT2D eigenvalue weighted by molar-refractivity contribution is 5.25. The van der Waals surface area contributed by atoms with Gasteiger partial charge in [0.25, 0.3) is 0 Å². The van der Waals surface area contributed by atoms with E-state index in [0.29, 0.717) is 6.42 Å². The van der Waals surface area contributed by atoms with E-state index in [-0.39, 0.29) is 5.83 Å². The van der Waals surface area contributed by atoms with Crippen molar-refractivity contribution in [3.8, 4) is 0 Å². The Morgan fingerprint density at radius 1 is 1.58 bits per heavy atom. The molecule has 1 nitrogen and oxygen atoms in total. The molecule has 0 atom stereocenters. The summed E-state index contributed by atoms with van der Waals surface area (Å²) >= 11 is 0. The van der Waals surface area contributed by atoms with Crippen LogP contribution in [0.15, 0.2) is 23.6 Å². The van der Waals surface area contributed by atoms with Crippen LogP contribution in [0.4, 0.5) is 4.39 Å². The van der Waals surface area contributed by atoms with Gasteiger partial charge in [0.2, 0.25) is 0 Å². The molecule has 0 unspecified atom stereocenters. The topological polar surface area (TPSA) is 12.0 Å². The smallest absolute Gasteiger partial charge is 0.103 e. The van der Waals surface area contributed by atoms with Crippen LogP contribution in [0.2, 0.25) is 0 Å². The van der Waals surface area contributed by atoms with E-state index in [0.717, 1.165) is 31.5 Å². The Labute approximate surface area is 73.4 Å². The third kappa shape index (κ3) is 2.78. The Balaban J connectivity index is 2.34. The first kappa shape index (κ1) is 9.46.